The van der Waals surface area contributed by atoms with Crippen molar-refractivity contribution in [3.8, 4) is 0 Å². The molecular weight excluding hydrogens is 298 g/mol. The van der Waals surface area contributed by atoms with Gasteiger partial charge in [0.25, 0.3) is 5.69 Å². The summed E-state index contributed by atoms with van der Waals surface area (Å²) in [6, 6.07) is 9.03. The van der Waals surface area contributed by atoms with Crippen molar-refractivity contribution in [2.75, 3.05) is 0 Å². The SMILES string of the molecule is O=[N+]([O-])c1ccccc1[C@H]1O[C@@H]2CCCC[C@@H]2c2sccc21. The molecule has 0 unspecified atom stereocenters. The summed E-state index contributed by atoms with van der Waals surface area (Å²) in [6.07, 6.45) is 4.55. The quantitative estimate of drug-likeness (QED) is 0.590. The molecule has 1 aromatic heterocycles. The molecule has 4 nitrogen and oxygen atoms in total. The first kappa shape index (κ1) is 13.9. The Bertz CT molecular complexity index is 711. The van der Waals surface area contributed by atoms with Crippen LogP contribution in [-0.4, -0.2) is 11.0 Å². The maximum atomic E-state index is 11.4. The molecule has 22 heavy (non-hydrogen) atoms. The molecule has 2 heterocycles. The van der Waals surface area contributed by atoms with E-state index in [1.807, 2.05) is 12.1 Å². The normalized spacial score (nSPS) is 27.0. The van der Waals surface area contributed by atoms with Crippen LogP contribution in [0.1, 0.15) is 53.7 Å². The lowest BCUT2D eigenvalue weighted by Crippen LogP contribution is -2.32. The Kier molecular flexibility index (Phi) is 3.47. The van der Waals surface area contributed by atoms with E-state index in [9.17, 15) is 10.1 Å². The fraction of sp³-hybridized carbons (Fsp3) is 0.412. The number of nitrogens with zero attached hydrogens (tertiary/aromatic N) is 1. The lowest BCUT2D eigenvalue weighted by atomic mass is 9.80. The number of nitro groups is 1. The molecule has 4 rings (SSSR count). The van der Waals surface area contributed by atoms with Gasteiger partial charge >= 0.3 is 0 Å². The van der Waals surface area contributed by atoms with Crippen molar-refractivity contribution in [1.29, 1.82) is 0 Å². The molecule has 0 saturated heterocycles. The fourth-order valence-electron chi connectivity index (χ4n) is 3.77. The zero-order chi connectivity index (χ0) is 15.1. The Balaban J connectivity index is 1.81. The number of thiophene rings is 1. The Hall–Kier alpha value is -1.72. The summed E-state index contributed by atoms with van der Waals surface area (Å²) in [5, 5.41) is 13.4. The number of rotatable bonds is 2. The highest BCUT2D eigenvalue weighted by Gasteiger charge is 2.40. The third kappa shape index (κ3) is 2.16. The predicted molar refractivity (Wildman–Crippen MR) is 85.3 cm³/mol. The van der Waals surface area contributed by atoms with E-state index in [0.29, 0.717) is 11.5 Å². The van der Waals surface area contributed by atoms with Crippen molar-refractivity contribution in [1.82, 2.24) is 0 Å². The molecule has 1 aliphatic carbocycles. The van der Waals surface area contributed by atoms with E-state index >= 15 is 0 Å². The summed E-state index contributed by atoms with van der Waals surface area (Å²) in [4.78, 5) is 12.4. The minimum Gasteiger partial charge on any atom is -0.365 e. The average Bonchev–Trinajstić information content (AvgIpc) is 3.04. The molecule has 0 radical (unpaired) electrons. The first-order chi connectivity index (χ1) is 10.8. The molecule has 0 spiro atoms. The molecule has 0 N–H and O–H groups in total. The molecule has 1 aromatic carbocycles. The van der Waals surface area contributed by atoms with E-state index in [4.69, 9.17) is 4.74 Å². The molecule has 3 atom stereocenters. The number of hydrogen-bond donors (Lipinski definition) is 0. The summed E-state index contributed by atoms with van der Waals surface area (Å²) in [6.45, 7) is 0. The molecule has 0 amide bonds. The van der Waals surface area contributed by atoms with E-state index in [0.717, 1.165) is 12.0 Å². The third-order valence-corrected chi connectivity index (χ3v) is 5.84. The molecule has 2 aliphatic rings. The van der Waals surface area contributed by atoms with Gasteiger partial charge in [-0.05, 0) is 35.9 Å². The summed E-state index contributed by atoms with van der Waals surface area (Å²) in [5.74, 6) is 0.475. The number of ether oxygens (including phenoxy) is 1. The largest absolute Gasteiger partial charge is 0.365 e. The monoisotopic (exact) mass is 315 g/mol. The zero-order valence-electron chi connectivity index (χ0n) is 12.1. The van der Waals surface area contributed by atoms with Gasteiger partial charge in [0, 0.05) is 16.9 Å². The predicted octanol–water partition coefficient (Wildman–Crippen LogP) is 4.80. The summed E-state index contributed by atoms with van der Waals surface area (Å²) in [5.41, 5.74) is 1.96. The van der Waals surface area contributed by atoms with Gasteiger partial charge < -0.3 is 4.74 Å². The minimum absolute atomic E-state index is 0.152. The Morgan fingerprint density at radius 2 is 1.95 bits per heavy atom. The van der Waals surface area contributed by atoms with Gasteiger partial charge in [0.15, 0.2) is 0 Å². The maximum absolute atomic E-state index is 11.4. The van der Waals surface area contributed by atoms with Gasteiger partial charge in [-0.1, -0.05) is 25.0 Å². The second-order valence-electron chi connectivity index (χ2n) is 6.00. The first-order valence-electron chi connectivity index (χ1n) is 7.72. The van der Waals surface area contributed by atoms with Crippen LogP contribution in [0.25, 0.3) is 0 Å². The van der Waals surface area contributed by atoms with Crippen molar-refractivity contribution < 1.29 is 9.66 Å². The number of hydrogen-bond acceptors (Lipinski definition) is 4. The molecular formula is C17H17NO3S. The highest BCUT2D eigenvalue weighted by Crippen LogP contribution is 2.49. The van der Waals surface area contributed by atoms with Crippen molar-refractivity contribution >= 4 is 17.0 Å². The molecule has 0 bridgehead atoms. The standard InChI is InChI=1S/C17H17NO3S/c19-18(20)14-7-3-1-5-11(14)16-13-9-10-22-17(13)12-6-2-4-8-15(12)21-16/h1,3,5,7,9-10,12,15-16H,2,4,6,8H2/t12-,15+,16+/m0/s1. The van der Waals surface area contributed by atoms with Gasteiger partial charge in [-0.15, -0.1) is 11.3 Å². The van der Waals surface area contributed by atoms with Crippen LogP contribution in [-0.2, 0) is 4.74 Å². The molecule has 114 valence electrons. The van der Waals surface area contributed by atoms with Crippen LogP contribution in [0.3, 0.4) is 0 Å². The van der Waals surface area contributed by atoms with Crippen LogP contribution < -0.4 is 0 Å². The van der Waals surface area contributed by atoms with Gasteiger partial charge in [-0.25, -0.2) is 0 Å². The zero-order valence-corrected chi connectivity index (χ0v) is 12.9. The number of benzene rings is 1. The summed E-state index contributed by atoms with van der Waals surface area (Å²) < 4.78 is 6.35. The van der Waals surface area contributed by atoms with Crippen LogP contribution in [0.2, 0.25) is 0 Å². The van der Waals surface area contributed by atoms with E-state index in [1.54, 1.807) is 23.5 Å². The first-order valence-corrected chi connectivity index (χ1v) is 8.59. The van der Waals surface area contributed by atoms with Gasteiger partial charge in [0.2, 0.25) is 0 Å². The smallest absolute Gasteiger partial charge is 0.275 e. The van der Waals surface area contributed by atoms with Crippen molar-refractivity contribution in [3.05, 3.63) is 61.8 Å². The van der Waals surface area contributed by atoms with Crippen molar-refractivity contribution in [2.24, 2.45) is 0 Å². The fourth-order valence-corrected chi connectivity index (χ4v) is 4.89. The van der Waals surface area contributed by atoms with Crippen molar-refractivity contribution in [3.63, 3.8) is 0 Å². The van der Waals surface area contributed by atoms with Crippen LogP contribution >= 0.6 is 11.3 Å². The third-order valence-electron chi connectivity index (χ3n) is 4.78. The van der Waals surface area contributed by atoms with Gasteiger partial charge in [-0.3, -0.25) is 10.1 Å². The molecule has 2 aromatic rings. The van der Waals surface area contributed by atoms with Crippen LogP contribution in [0.15, 0.2) is 35.7 Å². The number of fused-ring (bicyclic) bond motifs is 3. The van der Waals surface area contributed by atoms with Crippen molar-refractivity contribution in [2.45, 2.75) is 43.8 Å². The van der Waals surface area contributed by atoms with Gasteiger partial charge in [0.05, 0.1) is 16.6 Å². The average molecular weight is 315 g/mol. The number of nitro benzene ring substituents is 1. The maximum Gasteiger partial charge on any atom is 0.275 e. The van der Waals surface area contributed by atoms with E-state index in [1.165, 1.54) is 24.1 Å². The Labute approximate surface area is 132 Å². The summed E-state index contributed by atoms with van der Waals surface area (Å²) in [7, 11) is 0. The Morgan fingerprint density at radius 3 is 2.82 bits per heavy atom. The molecule has 1 aliphatic heterocycles. The lowest BCUT2D eigenvalue weighted by molar-refractivity contribution is -0.386. The van der Waals surface area contributed by atoms with E-state index in [2.05, 4.69) is 11.4 Å². The molecule has 1 fully saturated rings. The second kappa shape index (κ2) is 5.48. The topological polar surface area (TPSA) is 52.4 Å². The van der Waals surface area contributed by atoms with E-state index in [-0.39, 0.29) is 22.8 Å². The van der Waals surface area contributed by atoms with Crippen LogP contribution in [0, 0.1) is 10.1 Å². The van der Waals surface area contributed by atoms with Gasteiger partial charge in [0.1, 0.15) is 6.10 Å². The second-order valence-corrected chi connectivity index (χ2v) is 6.95. The molecule has 5 heteroatoms. The summed E-state index contributed by atoms with van der Waals surface area (Å²) >= 11 is 1.77. The Morgan fingerprint density at radius 1 is 1.14 bits per heavy atom. The highest BCUT2D eigenvalue weighted by molar-refractivity contribution is 7.10. The van der Waals surface area contributed by atoms with Gasteiger partial charge in [-0.2, -0.15) is 0 Å². The molecule has 1 saturated carbocycles. The lowest BCUT2D eigenvalue weighted by Gasteiger charge is -2.39. The van der Waals surface area contributed by atoms with Crippen LogP contribution in [0.5, 0.6) is 0 Å². The minimum atomic E-state index is -0.308. The highest BCUT2D eigenvalue weighted by atomic mass is 32.1. The van der Waals surface area contributed by atoms with Crippen LogP contribution in [0.4, 0.5) is 5.69 Å². The number of para-hydroxylation sites is 1. The van der Waals surface area contributed by atoms with E-state index < -0.39 is 0 Å².